The number of unbranched alkanes of at least 4 members (excludes halogenated alkanes) is 31. The van der Waals surface area contributed by atoms with Crippen molar-refractivity contribution in [1.82, 2.24) is 0 Å². The SMILES string of the molecule is CCCCC/C=C\CCCCCCCC(=O)OC(COC(=O)CCCCCCC/C=C\CCCCCCCCCCC)COC(=O)CCCCCCCCCCCC. The molecule has 0 heterocycles. The smallest absolute Gasteiger partial charge is 0.306 e. The first-order valence-corrected chi connectivity index (χ1v) is 25.3. The van der Waals surface area contributed by atoms with Crippen molar-refractivity contribution in [2.24, 2.45) is 0 Å². The largest absolute Gasteiger partial charge is 0.462 e. The fraction of sp³-hybridized carbons (Fsp3) is 0.865. The summed E-state index contributed by atoms with van der Waals surface area (Å²) in [5.74, 6) is -0.884. The van der Waals surface area contributed by atoms with Gasteiger partial charge >= 0.3 is 17.9 Å². The topological polar surface area (TPSA) is 78.9 Å². The molecule has 0 aliphatic rings. The summed E-state index contributed by atoms with van der Waals surface area (Å²) in [6.45, 7) is 6.61. The molecule has 0 aliphatic heterocycles. The molecule has 340 valence electrons. The number of rotatable bonds is 46. The summed E-state index contributed by atoms with van der Waals surface area (Å²) in [7, 11) is 0. The molecule has 0 spiro atoms. The summed E-state index contributed by atoms with van der Waals surface area (Å²) < 4.78 is 16.7. The third-order valence-electron chi connectivity index (χ3n) is 11.2. The number of carbonyl (C=O) groups excluding carboxylic acids is 3. The van der Waals surface area contributed by atoms with Gasteiger partial charge in [0.15, 0.2) is 6.10 Å². The summed E-state index contributed by atoms with van der Waals surface area (Å²) in [6.07, 6.45) is 53.0. The molecule has 1 unspecified atom stereocenters. The molecule has 0 N–H and O–H groups in total. The van der Waals surface area contributed by atoms with E-state index in [9.17, 15) is 14.4 Å². The van der Waals surface area contributed by atoms with E-state index in [0.717, 1.165) is 70.6 Å². The second-order valence-corrected chi connectivity index (χ2v) is 17.1. The molecule has 6 nitrogen and oxygen atoms in total. The van der Waals surface area contributed by atoms with Crippen molar-refractivity contribution in [3.05, 3.63) is 24.3 Å². The van der Waals surface area contributed by atoms with Gasteiger partial charge in [0.2, 0.25) is 0 Å². The summed E-state index contributed by atoms with van der Waals surface area (Å²) in [5, 5.41) is 0. The number of hydrogen-bond acceptors (Lipinski definition) is 6. The predicted molar refractivity (Wildman–Crippen MR) is 247 cm³/mol. The molecule has 0 saturated carbocycles. The summed E-state index contributed by atoms with van der Waals surface area (Å²) in [4.78, 5) is 37.8. The van der Waals surface area contributed by atoms with Crippen LogP contribution in [0.1, 0.15) is 271 Å². The third kappa shape index (κ3) is 45.0. The van der Waals surface area contributed by atoms with Crippen LogP contribution >= 0.6 is 0 Å². The molecule has 0 radical (unpaired) electrons. The van der Waals surface area contributed by atoms with Crippen LogP contribution in [0.3, 0.4) is 0 Å². The number of ether oxygens (including phenoxy) is 3. The summed E-state index contributed by atoms with van der Waals surface area (Å²) in [6, 6.07) is 0. The van der Waals surface area contributed by atoms with E-state index in [-0.39, 0.29) is 31.1 Å². The highest BCUT2D eigenvalue weighted by Crippen LogP contribution is 2.15. The first-order valence-electron chi connectivity index (χ1n) is 25.3. The van der Waals surface area contributed by atoms with Gasteiger partial charge in [0.25, 0.3) is 0 Å². The van der Waals surface area contributed by atoms with E-state index in [1.165, 1.54) is 161 Å². The maximum absolute atomic E-state index is 12.7. The predicted octanol–water partition coefficient (Wildman–Crippen LogP) is 16.4. The number of hydrogen-bond donors (Lipinski definition) is 0. The van der Waals surface area contributed by atoms with Crippen LogP contribution in [-0.4, -0.2) is 37.2 Å². The van der Waals surface area contributed by atoms with Crippen molar-refractivity contribution in [2.75, 3.05) is 13.2 Å². The van der Waals surface area contributed by atoms with Gasteiger partial charge in [0.05, 0.1) is 0 Å². The molecule has 0 bridgehead atoms. The van der Waals surface area contributed by atoms with E-state index in [4.69, 9.17) is 14.2 Å². The molecule has 0 amide bonds. The number of allylic oxidation sites excluding steroid dienone is 4. The van der Waals surface area contributed by atoms with Gasteiger partial charge in [-0.2, -0.15) is 0 Å². The highest BCUT2D eigenvalue weighted by molar-refractivity contribution is 5.71. The Morgan fingerprint density at radius 2 is 0.569 bits per heavy atom. The van der Waals surface area contributed by atoms with Crippen LogP contribution in [0.15, 0.2) is 24.3 Å². The second kappa shape index (κ2) is 47.6. The molecular formula is C52H96O6. The van der Waals surface area contributed by atoms with Gasteiger partial charge in [-0.1, -0.05) is 206 Å². The maximum Gasteiger partial charge on any atom is 0.306 e. The Hall–Kier alpha value is -2.11. The van der Waals surface area contributed by atoms with E-state index < -0.39 is 6.10 Å². The van der Waals surface area contributed by atoms with Gasteiger partial charge in [0.1, 0.15) is 13.2 Å². The van der Waals surface area contributed by atoms with Crippen molar-refractivity contribution >= 4 is 17.9 Å². The monoisotopic (exact) mass is 817 g/mol. The summed E-state index contributed by atoms with van der Waals surface area (Å²) in [5.41, 5.74) is 0. The van der Waals surface area contributed by atoms with Crippen molar-refractivity contribution < 1.29 is 28.6 Å². The lowest BCUT2D eigenvalue weighted by Gasteiger charge is -2.18. The fourth-order valence-electron chi connectivity index (χ4n) is 7.31. The van der Waals surface area contributed by atoms with E-state index in [0.29, 0.717) is 19.3 Å². The molecule has 0 aromatic heterocycles. The van der Waals surface area contributed by atoms with Crippen LogP contribution in [-0.2, 0) is 28.6 Å². The Kier molecular flexibility index (Phi) is 45.8. The molecule has 0 saturated heterocycles. The Morgan fingerprint density at radius 1 is 0.328 bits per heavy atom. The van der Waals surface area contributed by atoms with Gasteiger partial charge in [-0.25, -0.2) is 0 Å². The number of esters is 3. The first-order chi connectivity index (χ1) is 28.5. The second-order valence-electron chi connectivity index (χ2n) is 17.1. The molecule has 6 heteroatoms. The minimum atomic E-state index is -0.773. The van der Waals surface area contributed by atoms with Gasteiger partial charge in [-0.3, -0.25) is 14.4 Å². The van der Waals surface area contributed by atoms with Crippen LogP contribution in [0.25, 0.3) is 0 Å². The molecule has 0 aliphatic carbocycles. The van der Waals surface area contributed by atoms with Crippen LogP contribution in [0.5, 0.6) is 0 Å². The van der Waals surface area contributed by atoms with Gasteiger partial charge < -0.3 is 14.2 Å². The zero-order valence-electron chi connectivity index (χ0n) is 38.8. The highest BCUT2D eigenvalue weighted by atomic mass is 16.6. The molecule has 0 rings (SSSR count). The minimum Gasteiger partial charge on any atom is -0.462 e. The Bertz CT molecular complexity index is 942. The van der Waals surface area contributed by atoms with Crippen LogP contribution in [0, 0.1) is 0 Å². The first kappa shape index (κ1) is 55.9. The average molecular weight is 817 g/mol. The Labute approximate surface area is 360 Å². The Balaban J connectivity index is 4.30. The zero-order valence-corrected chi connectivity index (χ0v) is 38.8. The van der Waals surface area contributed by atoms with Crippen LogP contribution in [0.2, 0.25) is 0 Å². The highest BCUT2D eigenvalue weighted by Gasteiger charge is 2.19. The molecule has 58 heavy (non-hydrogen) atoms. The van der Waals surface area contributed by atoms with E-state index in [1.54, 1.807) is 0 Å². The van der Waals surface area contributed by atoms with E-state index >= 15 is 0 Å². The van der Waals surface area contributed by atoms with Crippen LogP contribution < -0.4 is 0 Å². The lowest BCUT2D eigenvalue weighted by Crippen LogP contribution is -2.30. The Morgan fingerprint density at radius 3 is 0.897 bits per heavy atom. The molecule has 0 fully saturated rings. The van der Waals surface area contributed by atoms with Crippen LogP contribution in [0.4, 0.5) is 0 Å². The van der Waals surface area contributed by atoms with Crippen molar-refractivity contribution in [1.29, 1.82) is 0 Å². The summed E-state index contributed by atoms with van der Waals surface area (Å²) >= 11 is 0. The third-order valence-corrected chi connectivity index (χ3v) is 11.2. The lowest BCUT2D eigenvalue weighted by atomic mass is 10.1. The molecule has 1 atom stereocenters. The van der Waals surface area contributed by atoms with Crippen molar-refractivity contribution in [3.8, 4) is 0 Å². The zero-order chi connectivity index (χ0) is 42.3. The van der Waals surface area contributed by atoms with Crippen molar-refractivity contribution in [3.63, 3.8) is 0 Å². The normalized spacial score (nSPS) is 12.1. The molecule has 0 aromatic carbocycles. The lowest BCUT2D eigenvalue weighted by molar-refractivity contribution is -0.167. The number of carbonyl (C=O) groups is 3. The van der Waals surface area contributed by atoms with Crippen molar-refractivity contribution in [2.45, 2.75) is 277 Å². The maximum atomic E-state index is 12.7. The van der Waals surface area contributed by atoms with Gasteiger partial charge in [-0.05, 0) is 70.6 Å². The fourth-order valence-corrected chi connectivity index (χ4v) is 7.31. The average Bonchev–Trinajstić information content (AvgIpc) is 3.22. The molecular weight excluding hydrogens is 721 g/mol. The minimum absolute atomic E-state index is 0.0742. The van der Waals surface area contributed by atoms with E-state index in [1.807, 2.05) is 0 Å². The van der Waals surface area contributed by atoms with Gasteiger partial charge in [-0.15, -0.1) is 0 Å². The van der Waals surface area contributed by atoms with E-state index in [2.05, 4.69) is 45.1 Å². The molecule has 0 aromatic rings. The van der Waals surface area contributed by atoms with Gasteiger partial charge in [0, 0.05) is 19.3 Å². The standard InChI is InChI=1S/C52H96O6/c1-4-7-10-13-16-19-22-24-25-26-27-28-29-31-33-36-39-42-45-51(54)57-48-49(47-56-50(53)44-41-38-35-32-21-18-15-12-9-6-3)58-52(55)46-43-40-37-34-30-23-20-17-14-11-8-5-2/h17,20,27-28,49H,4-16,18-19,21-26,29-48H2,1-3H3/b20-17-,28-27-. The quantitative estimate of drug-likeness (QED) is 0.0263.